The van der Waals surface area contributed by atoms with Gasteiger partial charge >= 0.3 is 0 Å². The molecule has 1 aliphatic heterocycles. The topological polar surface area (TPSA) is 36.4 Å². The first-order valence-corrected chi connectivity index (χ1v) is 11.6. The van der Waals surface area contributed by atoms with Gasteiger partial charge in [-0.15, -0.1) is 11.3 Å². The number of aryl methyl sites for hydroxylation is 1. The molecule has 0 atom stereocenters. The minimum absolute atomic E-state index is 0.0349. The summed E-state index contributed by atoms with van der Waals surface area (Å²) in [6, 6.07) is 16.9. The van der Waals surface area contributed by atoms with Gasteiger partial charge < -0.3 is 4.90 Å². The number of piperidine rings is 1. The molecule has 0 bridgehead atoms. The lowest BCUT2D eigenvalue weighted by atomic mass is 9.87. The molecule has 1 aromatic heterocycles. The first kappa shape index (κ1) is 21.5. The van der Waals surface area contributed by atoms with Crippen LogP contribution < -0.4 is 0 Å². The molecule has 5 heteroatoms. The molecule has 1 aliphatic rings. The fourth-order valence-electron chi connectivity index (χ4n) is 4.18. The zero-order valence-corrected chi connectivity index (χ0v) is 19.3. The molecule has 1 saturated heterocycles. The van der Waals surface area contributed by atoms with Crippen molar-refractivity contribution in [3.05, 3.63) is 92.9 Å². The fourth-order valence-corrected chi connectivity index (χ4v) is 4.82. The lowest BCUT2D eigenvalue weighted by Gasteiger charge is -2.30. The second kappa shape index (κ2) is 9.58. The van der Waals surface area contributed by atoms with Crippen LogP contribution in [0.2, 0.25) is 0 Å². The summed E-state index contributed by atoms with van der Waals surface area (Å²) in [7, 11) is 3.58. The molecule has 2 aromatic carbocycles. The SMILES string of the molecule is Cc1cccc(C(=C2CCN(Cc3cncs3)CC2)c2ccc(C(=O)N(C)C)cc2)c1. The number of nitrogens with zero attached hydrogens (tertiary/aromatic N) is 3. The molecule has 3 aromatic rings. The Morgan fingerprint density at radius 1 is 1.03 bits per heavy atom. The van der Waals surface area contributed by atoms with E-state index in [4.69, 9.17) is 0 Å². The van der Waals surface area contributed by atoms with Crippen LogP contribution in [0.15, 0.2) is 65.8 Å². The molecule has 0 saturated carbocycles. The van der Waals surface area contributed by atoms with Crippen molar-refractivity contribution in [3.8, 4) is 0 Å². The molecular formula is C26H29N3OS. The number of hydrogen-bond acceptors (Lipinski definition) is 4. The summed E-state index contributed by atoms with van der Waals surface area (Å²) in [6.45, 7) is 5.24. The van der Waals surface area contributed by atoms with Crippen LogP contribution in [0.5, 0.6) is 0 Å². The predicted molar refractivity (Wildman–Crippen MR) is 128 cm³/mol. The Balaban J connectivity index is 1.63. The van der Waals surface area contributed by atoms with Crippen molar-refractivity contribution < 1.29 is 4.79 Å². The van der Waals surface area contributed by atoms with Crippen LogP contribution >= 0.6 is 11.3 Å². The van der Waals surface area contributed by atoms with E-state index in [1.807, 2.05) is 23.8 Å². The molecule has 31 heavy (non-hydrogen) atoms. The van der Waals surface area contributed by atoms with Gasteiger partial charge in [0.2, 0.25) is 0 Å². The summed E-state index contributed by atoms with van der Waals surface area (Å²) in [4.78, 5) is 22.0. The second-order valence-corrected chi connectivity index (χ2v) is 9.34. The van der Waals surface area contributed by atoms with Crippen LogP contribution in [0.4, 0.5) is 0 Å². The van der Waals surface area contributed by atoms with Gasteiger partial charge in [-0.05, 0) is 48.6 Å². The van der Waals surface area contributed by atoms with E-state index in [0.717, 1.165) is 38.0 Å². The summed E-state index contributed by atoms with van der Waals surface area (Å²) < 4.78 is 0. The van der Waals surface area contributed by atoms with Crippen LogP contribution in [0.25, 0.3) is 5.57 Å². The van der Waals surface area contributed by atoms with E-state index in [1.165, 1.54) is 32.7 Å². The molecule has 1 fully saturated rings. The Hall–Kier alpha value is -2.76. The molecule has 0 radical (unpaired) electrons. The maximum atomic E-state index is 12.3. The lowest BCUT2D eigenvalue weighted by molar-refractivity contribution is 0.0827. The predicted octanol–water partition coefficient (Wildman–Crippen LogP) is 5.25. The number of amides is 1. The van der Waals surface area contributed by atoms with E-state index in [2.05, 4.69) is 53.2 Å². The highest BCUT2D eigenvalue weighted by Crippen LogP contribution is 2.33. The largest absolute Gasteiger partial charge is 0.345 e. The molecule has 0 unspecified atom stereocenters. The molecule has 0 spiro atoms. The highest BCUT2D eigenvalue weighted by Gasteiger charge is 2.20. The van der Waals surface area contributed by atoms with Gasteiger partial charge in [0.1, 0.15) is 0 Å². The molecule has 1 amide bonds. The Kier molecular flexibility index (Phi) is 6.64. The summed E-state index contributed by atoms with van der Waals surface area (Å²) in [6.07, 6.45) is 4.09. The first-order valence-electron chi connectivity index (χ1n) is 10.7. The zero-order valence-electron chi connectivity index (χ0n) is 18.5. The fraction of sp³-hybridized carbons (Fsp3) is 0.308. The molecule has 4 nitrogen and oxygen atoms in total. The molecule has 4 rings (SSSR count). The van der Waals surface area contributed by atoms with Crippen molar-refractivity contribution in [1.29, 1.82) is 0 Å². The van der Waals surface area contributed by atoms with E-state index in [-0.39, 0.29) is 5.91 Å². The first-order chi connectivity index (χ1) is 15.0. The third-order valence-corrected chi connectivity index (χ3v) is 6.57. The smallest absolute Gasteiger partial charge is 0.253 e. The number of carbonyl (C=O) groups excluding carboxylic acids is 1. The number of aromatic nitrogens is 1. The number of likely N-dealkylation sites (tertiary alicyclic amines) is 1. The summed E-state index contributed by atoms with van der Waals surface area (Å²) in [5, 5.41) is 0. The normalized spacial score (nSPS) is 14.5. The molecular weight excluding hydrogens is 402 g/mol. The second-order valence-electron chi connectivity index (χ2n) is 8.37. The molecule has 0 N–H and O–H groups in total. The van der Waals surface area contributed by atoms with Gasteiger partial charge in [-0.25, -0.2) is 0 Å². The summed E-state index contributed by atoms with van der Waals surface area (Å²) >= 11 is 1.73. The Bertz CT molecular complexity index is 1060. The average Bonchev–Trinajstić information content (AvgIpc) is 3.28. The number of carbonyl (C=O) groups is 1. The van der Waals surface area contributed by atoms with Crippen LogP contribution in [-0.4, -0.2) is 47.9 Å². The summed E-state index contributed by atoms with van der Waals surface area (Å²) in [5.74, 6) is 0.0349. The highest BCUT2D eigenvalue weighted by atomic mass is 32.1. The number of hydrogen-bond donors (Lipinski definition) is 0. The Labute approximate surface area is 188 Å². The van der Waals surface area contributed by atoms with Crippen LogP contribution in [0, 0.1) is 6.92 Å². The van der Waals surface area contributed by atoms with Crippen molar-refractivity contribution in [3.63, 3.8) is 0 Å². The van der Waals surface area contributed by atoms with Gasteiger partial charge in [-0.3, -0.25) is 14.7 Å². The Morgan fingerprint density at radius 2 is 1.74 bits per heavy atom. The third kappa shape index (κ3) is 5.12. The van der Waals surface area contributed by atoms with E-state index in [9.17, 15) is 4.79 Å². The van der Waals surface area contributed by atoms with Crippen LogP contribution in [-0.2, 0) is 6.54 Å². The minimum Gasteiger partial charge on any atom is -0.345 e. The maximum absolute atomic E-state index is 12.3. The van der Waals surface area contributed by atoms with Gasteiger partial charge in [-0.1, -0.05) is 47.5 Å². The van der Waals surface area contributed by atoms with Crippen molar-refractivity contribution in [2.45, 2.75) is 26.3 Å². The van der Waals surface area contributed by atoms with E-state index >= 15 is 0 Å². The van der Waals surface area contributed by atoms with Crippen molar-refractivity contribution in [2.24, 2.45) is 0 Å². The number of thiazole rings is 1. The molecule has 160 valence electrons. The molecule has 2 heterocycles. The third-order valence-electron chi connectivity index (χ3n) is 5.81. The van der Waals surface area contributed by atoms with Crippen molar-refractivity contribution in [2.75, 3.05) is 27.2 Å². The Morgan fingerprint density at radius 3 is 2.35 bits per heavy atom. The van der Waals surface area contributed by atoms with Gasteiger partial charge in [0.05, 0.1) is 5.51 Å². The average molecular weight is 432 g/mol. The standard InChI is InChI=1S/C26H29N3OS/c1-19-5-4-6-23(15-19)25(20-7-9-22(10-8-20)26(30)28(2)3)21-11-13-29(14-12-21)17-24-16-27-18-31-24/h4-10,15-16,18H,11-14,17H2,1-3H3. The van der Waals surface area contributed by atoms with E-state index in [1.54, 1.807) is 30.3 Å². The van der Waals surface area contributed by atoms with Gasteiger partial charge in [0, 0.05) is 50.4 Å². The lowest BCUT2D eigenvalue weighted by Crippen LogP contribution is -2.30. The monoisotopic (exact) mass is 431 g/mol. The van der Waals surface area contributed by atoms with Crippen molar-refractivity contribution in [1.82, 2.24) is 14.8 Å². The quantitative estimate of drug-likeness (QED) is 0.553. The number of rotatable bonds is 5. The van der Waals surface area contributed by atoms with Crippen LogP contribution in [0.3, 0.4) is 0 Å². The van der Waals surface area contributed by atoms with Crippen molar-refractivity contribution >= 4 is 22.8 Å². The molecule has 0 aliphatic carbocycles. The highest BCUT2D eigenvalue weighted by molar-refractivity contribution is 7.09. The van der Waals surface area contributed by atoms with E-state index < -0.39 is 0 Å². The summed E-state index contributed by atoms with van der Waals surface area (Å²) in [5.41, 5.74) is 9.16. The zero-order chi connectivity index (χ0) is 21.8. The minimum atomic E-state index is 0.0349. The maximum Gasteiger partial charge on any atom is 0.253 e. The number of benzene rings is 2. The van der Waals surface area contributed by atoms with Gasteiger partial charge in [0.15, 0.2) is 0 Å². The van der Waals surface area contributed by atoms with Crippen LogP contribution in [0.1, 0.15) is 44.8 Å². The van der Waals surface area contributed by atoms with Gasteiger partial charge in [-0.2, -0.15) is 0 Å². The van der Waals surface area contributed by atoms with Gasteiger partial charge in [0.25, 0.3) is 5.91 Å². The van der Waals surface area contributed by atoms with E-state index in [0.29, 0.717) is 0 Å².